The van der Waals surface area contributed by atoms with E-state index in [1.165, 1.54) is 6.07 Å². The predicted octanol–water partition coefficient (Wildman–Crippen LogP) is 1.90. The minimum atomic E-state index is -3.63. The number of anilines is 1. The van der Waals surface area contributed by atoms with E-state index in [0.717, 1.165) is 0 Å². The van der Waals surface area contributed by atoms with Crippen molar-refractivity contribution in [1.29, 1.82) is 0 Å². The van der Waals surface area contributed by atoms with Gasteiger partial charge in [0, 0.05) is 17.1 Å². The van der Waals surface area contributed by atoms with Crippen LogP contribution in [0.4, 0.5) is 5.69 Å². The maximum Gasteiger partial charge on any atom is 0.242 e. The largest absolute Gasteiger partial charge is 0.398 e. The zero-order chi connectivity index (χ0) is 15.5. The topological polar surface area (TPSA) is 75.4 Å². The molecule has 0 aromatic heterocycles. The zero-order valence-electron chi connectivity index (χ0n) is 12.2. The van der Waals surface area contributed by atoms with Gasteiger partial charge in [0.05, 0.1) is 5.69 Å². The van der Waals surface area contributed by atoms with Gasteiger partial charge in [-0.15, -0.1) is 0 Å². The Balaban J connectivity index is 3.06. The Morgan fingerprint density at radius 2 is 1.95 bits per heavy atom. The molecule has 0 fully saturated rings. The van der Waals surface area contributed by atoms with Crippen molar-refractivity contribution in [2.24, 2.45) is 5.92 Å². The summed E-state index contributed by atoms with van der Waals surface area (Å²) in [5.74, 6) is 0.181. The highest BCUT2D eigenvalue weighted by atomic mass is 79.9. The Hall–Kier alpha value is -0.630. The summed E-state index contributed by atoms with van der Waals surface area (Å²) < 4.78 is 28.4. The van der Waals surface area contributed by atoms with Crippen molar-refractivity contribution in [3.8, 4) is 0 Å². The van der Waals surface area contributed by atoms with E-state index in [-0.39, 0.29) is 22.5 Å². The van der Waals surface area contributed by atoms with Gasteiger partial charge in [0.1, 0.15) is 4.90 Å². The van der Waals surface area contributed by atoms with Crippen molar-refractivity contribution < 1.29 is 8.42 Å². The molecule has 1 aromatic carbocycles. The van der Waals surface area contributed by atoms with Gasteiger partial charge >= 0.3 is 0 Å². The number of likely N-dealkylation sites (N-methyl/N-ethyl adjacent to an activating group) is 1. The molecule has 1 aromatic rings. The molecule has 0 radical (unpaired) electrons. The highest BCUT2D eigenvalue weighted by Gasteiger charge is 2.24. The molecule has 1 unspecified atom stereocenters. The van der Waals surface area contributed by atoms with Crippen LogP contribution in [0.5, 0.6) is 0 Å². The van der Waals surface area contributed by atoms with Gasteiger partial charge in [-0.2, -0.15) is 0 Å². The van der Waals surface area contributed by atoms with Crippen LogP contribution in [0, 0.1) is 5.92 Å². The quantitative estimate of drug-likeness (QED) is 0.756. The maximum absolute atomic E-state index is 12.5. The molecule has 20 heavy (non-hydrogen) atoms. The number of halogens is 1. The average molecular weight is 364 g/mol. The lowest BCUT2D eigenvalue weighted by atomic mass is 10.1. The normalized spacial score (nSPS) is 13.9. The third kappa shape index (κ3) is 4.73. The molecule has 0 aliphatic rings. The van der Waals surface area contributed by atoms with Crippen molar-refractivity contribution in [2.75, 3.05) is 26.4 Å². The van der Waals surface area contributed by atoms with Gasteiger partial charge < -0.3 is 10.6 Å². The lowest BCUT2D eigenvalue weighted by Crippen LogP contribution is -2.45. The summed E-state index contributed by atoms with van der Waals surface area (Å²) in [6.45, 7) is 4.60. The fraction of sp³-hybridized carbons (Fsp3) is 0.538. The first-order valence-electron chi connectivity index (χ1n) is 6.35. The summed E-state index contributed by atoms with van der Waals surface area (Å²) in [7, 11) is 0.193. The van der Waals surface area contributed by atoms with Crippen LogP contribution in [0.3, 0.4) is 0 Å². The van der Waals surface area contributed by atoms with E-state index < -0.39 is 10.0 Å². The van der Waals surface area contributed by atoms with Gasteiger partial charge in [-0.25, -0.2) is 13.1 Å². The van der Waals surface area contributed by atoms with Crippen LogP contribution in [0.15, 0.2) is 27.6 Å². The Morgan fingerprint density at radius 3 is 2.45 bits per heavy atom. The van der Waals surface area contributed by atoms with Crippen LogP contribution < -0.4 is 10.5 Å². The van der Waals surface area contributed by atoms with Crippen LogP contribution >= 0.6 is 15.9 Å². The van der Waals surface area contributed by atoms with E-state index in [2.05, 4.69) is 20.7 Å². The van der Waals surface area contributed by atoms with E-state index >= 15 is 0 Å². The third-order valence-corrected chi connectivity index (χ3v) is 4.98. The molecule has 3 N–H and O–H groups in total. The van der Waals surface area contributed by atoms with Gasteiger partial charge in [-0.05, 0) is 38.2 Å². The SMILES string of the molecule is CC(C)C(CN(C)C)NS(=O)(=O)c1cc(Br)ccc1N. The highest BCUT2D eigenvalue weighted by molar-refractivity contribution is 9.10. The van der Waals surface area contributed by atoms with Crippen molar-refractivity contribution in [2.45, 2.75) is 24.8 Å². The van der Waals surface area contributed by atoms with E-state index in [1.807, 2.05) is 32.8 Å². The minimum absolute atomic E-state index is 0.108. The number of nitrogens with one attached hydrogen (secondary N) is 1. The molecular weight excluding hydrogens is 342 g/mol. The van der Waals surface area contributed by atoms with Crippen LogP contribution in [0.1, 0.15) is 13.8 Å². The molecular formula is C13H22BrN3O2S. The summed E-state index contributed by atoms with van der Waals surface area (Å²) in [6, 6.07) is 4.64. The van der Waals surface area contributed by atoms with E-state index in [0.29, 0.717) is 11.0 Å². The second-order valence-corrected chi connectivity index (χ2v) is 8.01. The number of nitrogens with two attached hydrogens (primary N) is 1. The van der Waals surface area contributed by atoms with Gasteiger partial charge in [-0.3, -0.25) is 0 Å². The van der Waals surface area contributed by atoms with Gasteiger partial charge in [0.15, 0.2) is 0 Å². The minimum Gasteiger partial charge on any atom is -0.398 e. The molecule has 0 bridgehead atoms. The molecule has 0 saturated heterocycles. The molecule has 5 nitrogen and oxygen atoms in total. The Bertz CT molecular complexity index is 559. The third-order valence-electron chi connectivity index (χ3n) is 2.94. The van der Waals surface area contributed by atoms with E-state index in [9.17, 15) is 8.42 Å². The second-order valence-electron chi connectivity index (χ2n) is 5.42. The van der Waals surface area contributed by atoms with E-state index in [4.69, 9.17) is 5.73 Å². The van der Waals surface area contributed by atoms with Crippen LogP contribution in [0.25, 0.3) is 0 Å². The maximum atomic E-state index is 12.5. The molecule has 0 spiro atoms. The zero-order valence-corrected chi connectivity index (χ0v) is 14.6. The second kappa shape index (κ2) is 6.89. The lowest BCUT2D eigenvalue weighted by molar-refractivity contribution is 0.314. The summed E-state index contributed by atoms with van der Waals surface area (Å²) in [5.41, 5.74) is 6.02. The fourth-order valence-electron chi connectivity index (χ4n) is 1.78. The Kier molecular flexibility index (Phi) is 6.00. The number of rotatable bonds is 6. The Morgan fingerprint density at radius 1 is 1.35 bits per heavy atom. The molecule has 0 aliphatic carbocycles. The standard InChI is InChI=1S/C13H22BrN3O2S/c1-9(2)12(8-17(3)4)16-20(18,19)13-7-10(14)5-6-11(13)15/h5-7,9,12,16H,8,15H2,1-4H3. The monoisotopic (exact) mass is 363 g/mol. The summed E-state index contributed by atoms with van der Waals surface area (Å²) >= 11 is 3.27. The predicted molar refractivity (Wildman–Crippen MR) is 86.1 cm³/mol. The number of nitrogens with zero attached hydrogens (tertiary/aromatic N) is 1. The molecule has 0 saturated carbocycles. The van der Waals surface area contributed by atoms with Crippen molar-refractivity contribution in [3.05, 3.63) is 22.7 Å². The fourth-order valence-corrected chi connectivity index (χ4v) is 3.83. The first-order chi connectivity index (χ1) is 9.13. The highest BCUT2D eigenvalue weighted by Crippen LogP contribution is 2.23. The first kappa shape index (κ1) is 17.4. The molecule has 0 amide bonds. The molecule has 114 valence electrons. The lowest BCUT2D eigenvalue weighted by Gasteiger charge is -2.25. The number of nitrogen functional groups attached to an aromatic ring is 1. The van der Waals surface area contributed by atoms with Crippen molar-refractivity contribution >= 4 is 31.6 Å². The molecule has 0 heterocycles. The molecule has 7 heteroatoms. The number of benzene rings is 1. The van der Waals surface area contributed by atoms with Crippen molar-refractivity contribution in [3.63, 3.8) is 0 Å². The van der Waals surface area contributed by atoms with Crippen LogP contribution in [-0.2, 0) is 10.0 Å². The first-order valence-corrected chi connectivity index (χ1v) is 8.63. The average Bonchev–Trinajstić information content (AvgIpc) is 2.30. The van der Waals surface area contributed by atoms with Crippen LogP contribution in [-0.4, -0.2) is 40.0 Å². The van der Waals surface area contributed by atoms with Crippen molar-refractivity contribution in [1.82, 2.24) is 9.62 Å². The molecule has 1 rings (SSSR count). The van der Waals surface area contributed by atoms with Gasteiger partial charge in [0.25, 0.3) is 0 Å². The molecule has 1 atom stereocenters. The number of hydrogen-bond donors (Lipinski definition) is 2. The van der Waals surface area contributed by atoms with E-state index in [1.54, 1.807) is 12.1 Å². The summed E-state index contributed by atoms with van der Waals surface area (Å²) in [5, 5.41) is 0. The smallest absolute Gasteiger partial charge is 0.242 e. The van der Waals surface area contributed by atoms with Gasteiger partial charge in [0.2, 0.25) is 10.0 Å². The Labute approximate surface area is 129 Å². The summed E-state index contributed by atoms with van der Waals surface area (Å²) in [4.78, 5) is 2.06. The molecule has 0 aliphatic heterocycles. The summed E-state index contributed by atoms with van der Waals surface area (Å²) in [6.07, 6.45) is 0. The number of hydrogen-bond acceptors (Lipinski definition) is 4. The van der Waals surface area contributed by atoms with Crippen LogP contribution in [0.2, 0.25) is 0 Å². The number of sulfonamides is 1. The van der Waals surface area contributed by atoms with Gasteiger partial charge in [-0.1, -0.05) is 29.8 Å².